The molecule has 0 saturated carbocycles. The maximum Gasteiger partial charge on any atom is 0.101 e. The summed E-state index contributed by atoms with van der Waals surface area (Å²) in [7, 11) is 0. The Bertz CT molecular complexity index is 2140. The van der Waals surface area contributed by atoms with Gasteiger partial charge in [0.05, 0.1) is 16.1 Å². The van der Waals surface area contributed by atoms with Crippen LogP contribution in [0.1, 0.15) is 0 Å². The van der Waals surface area contributed by atoms with E-state index in [1.807, 2.05) is 0 Å². The van der Waals surface area contributed by atoms with Crippen LogP contribution < -0.4 is 0 Å². The Morgan fingerprint density at radius 2 is 1.02 bits per heavy atom. The molecule has 0 fully saturated rings. The highest BCUT2D eigenvalue weighted by Gasteiger charge is 2.22. The van der Waals surface area contributed by atoms with Crippen LogP contribution in [0.15, 0.2) is 157 Å². The lowest BCUT2D eigenvalue weighted by Gasteiger charge is -2.10. The van der Waals surface area contributed by atoms with E-state index in [4.69, 9.17) is 5.10 Å². The van der Waals surface area contributed by atoms with Crippen molar-refractivity contribution >= 4 is 27.6 Å². The molecule has 2 nitrogen and oxygen atoms in total. The first-order valence-corrected chi connectivity index (χ1v) is 15.0. The molecule has 0 aliphatic carbocycles. The molecule has 0 aliphatic rings. The van der Waals surface area contributed by atoms with Gasteiger partial charge in [0.25, 0.3) is 0 Å². The van der Waals surface area contributed by atoms with Crippen molar-refractivity contribution in [1.82, 2.24) is 9.61 Å². The molecule has 3 heteroatoms. The van der Waals surface area contributed by atoms with Gasteiger partial charge in [-0.2, -0.15) is 5.10 Å². The number of pyridine rings is 1. The summed E-state index contributed by atoms with van der Waals surface area (Å²) >= 11 is 1.74. The first-order valence-electron chi connectivity index (χ1n) is 14.1. The zero-order valence-electron chi connectivity index (χ0n) is 22.8. The molecule has 0 aliphatic heterocycles. The molecule has 8 rings (SSSR count). The van der Waals surface area contributed by atoms with Crippen molar-refractivity contribution in [2.45, 2.75) is 0 Å². The molecule has 8 aromatic rings. The normalized spacial score (nSPS) is 11.3. The minimum Gasteiger partial charge on any atom is -0.230 e. The van der Waals surface area contributed by atoms with Gasteiger partial charge in [-0.25, -0.2) is 4.52 Å². The predicted octanol–water partition coefficient (Wildman–Crippen LogP) is 10.9. The smallest absolute Gasteiger partial charge is 0.101 e. The van der Waals surface area contributed by atoms with E-state index in [1.54, 1.807) is 11.3 Å². The van der Waals surface area contributed by atoms with Crippen molar-refractivity contribution in [3.8, 4) is 55.2 Å². The molecule has 5 aromatic carbocycles. The van der Waals surface area contributed by atoms with Crippen molar-refractivity contribution in [2.75, 3.05) is 0 Å². The van der Waals surface area contributed by atoms with Crippen LogP contribution in [0.3, 0.4) is 0 Å². The number of benzene rings is 5. The average Bonchev–Trinajstić information content (AvgIpc) is 3.75. The van der Waals surface area contributed by atoms with Gasteiger partial charge < -0.3 is 0 Å². The third-order valence-corrected chi connectivity index (χ3v) is 8.83. The van der Waals surface area contributed by atoms with Crippen molar-refractivity contribution in [1.29, 1.82) is 0 Å². The summed E-state index contributed by atoms with van der Waals surface area (Å²) in [6.07, 6.45) is 0. The Hall–Kier alpha value is -5.25. The Morgan fingerprint density at radius 3 is 1.64 bits per heavy atom. The third-order valence-electron chi connectivity index (χ3n) is 7.94. The fourth-order valence-electron chi connectivity index (χ4n) is 5.87. The molecule has 0 radical (unpaired) electrons. The standard InChI is InChI=1S/C39H26N2S/c1-3-10-27(11-4-1)29-17-21-31(22-18-29)37-38(32-23-19-30(20-24-32)28-12-5-2-6-13-28)40-41-35(36-16-9-25-42-36)26-33-14-7-8-15-34(33)39(37)41/h1-26H. The number of thiophene rings is 1. The summed E-state index contributed by atoms with van der Waals surface area (Å²) < 4.78 is 2.16. The van der Waals surface area contributed by atoms with Gasteiger partial charge in [0.15, 0.2) is 0 Å². The van der Waals surface area contributed by atoms with E-state index in [0.717, 1.165) is 33.6 Å². The van der Waals surface area contributed by atoms with Gasteiger partial charge in [-0.05, 0) is 50.7 Å². The second-order valence-corrected chi connectivity index (χ2v) is 11.4. The van der Waals surface area contributed by atoms with E-state index in [0.29, 0.717) is 0 Å². The molecule has 198 valence electrons. The van der Waals surface area contributed by atoms with E-state index >= 15 is 0 Å². The Morgan fingerprint density at radius 1 is 0.476 bits per heavy atom. The summed E-state index contributed by atoms with van der Waals surface area (Å²) in [5.41, 5.74) is 11.4. The number of nitrogens with zero attached hydrogens (tertiary/aromatic N) is 2. The predicted molar refractivity (Wildman–Crippen MR) is 178 cm³/mol. The molecule has 0 amide bonds. The van der Waals surface area contributed by atoms with Crippen LogP contribution in [0.4, 0.5) is 0 Å². The van der Waals surface area contributed by atoms with Crippen LogP contribution in [-0.4, -0.2) is 9.61 Å². The quantitative estimate of drug-likeness (QED) is 0.207. The summed E-state index contributed by atoms with van der Waals surface area (Å²) in [4.78, 5) is 1.20. The molecule has 3 heterocycles. The minimum absolute atomic E-state index is 0.983. The average molecular weight is 555 g/mol. The lowest BCUT2D eigenvalue weighted by Crippen LogP contribution is -1.94. The second kappa shape index (κ2) is 10.3. The first-order chi connectivity index (χ1) is 20.8. The van der Waals surface area contributed by atoms with E-state index < -0.39 is 0 Å². The van der Waals surface area contributed by atoms with Crippen LogP contribution in [0, 0.1) is 0 Å². The zero-order valence-corrected chi connectivity index (χ0v) is 23.6. The van der Waals surface area contributed by atoms with Crippen LogP contribution in [0.2, 0.25) is 0 Å². The Balaban J connectivity index is 1.39. The van der Waals surface area contributed by atoms with Gasteiger partial charge in [0, 0.05) is 16.5 Å². The third kappa shape index (κ3) is 4.23. The molecule has 0 atom stereocenters. The Kier molecular flexibility index (Phi) is 6.02. The number of hydrogen-bond donors (Lipinski definition) is 0. The van der Waals surface area contributed by atoms with Gasteiger partial charge in [0.2, 0.25) is 0 Å². The molecular weight excluding hydrogens is 529 g/mol. The summed E-state index contributed by atoms with van der Waals surface area (Å²) in [6.45, 7) is 0. The van der Waals surface area contributed by atoms with Crippen LogP contribution >= 0.6 is 11.3 Å². The summed E-state index contributed by atoms with van der Waals surface area (Å²) in [6, 6.07) is 54.0. The SMILES string of the molecule is c1ccc(-c2ccc(-c3nn4c(-c5cccs5)cc5ccccc5c4c3-c3ccc(-c4ccccc4)cc3)cc2)cc1. The highest BCUT2D eigenvalue weighted by molar-refractivity contribution is 7.13. The largest absolute Gasteiger partial charge is 0.230 e. The number of rotatable bonds is 5. The number of aromatic nitrogens is 2. The van der Waals surface area contributed by atoms with Gasteiger partial charge in [-0.15, -0.1) is 11.3 Å². The monoisotopic (exact) mass is 554 g/mol. The number of fused-ring (bicyclic) bond motifs is 3. The molecule has 0 spiro atoms. The second-order valence-electron chi connectivity index (χ2n) is 10.5. The van der Waals surface area contributed by atoms with Gasteiger partial charge >= 0.3 is 0 Å². The fourth-order valence-corrected chi connectivity index (χ4v) is 6.60. The molecule has 0 N–H and O–H groups in total. The molecule has 3 aromatic heterocycles. The number of hydrogen-bond acceptors (Lipinski definition) is 2. The van der Waals surface area contributed by atoms with Crippen molar-refractivity contribution < 1.29 is 0 Å². The van der Waals surface area contributed by atoms with Gasteiger partial charge in [0.1, 0.15) is 5.69 Å². The highest BCUT2D eigenvalue weighted by atomic mass is 32.1. The molecule has 0 unspecified atom stereocenters. The van der Waals surface area contributed by atoms with E-state index in [2.05, 4.69) is 162 Å². The molecule has 0 saturated heterocycles. The lowest BCUT2D eigenvalue weighted by atomic mass is 9.94. The maximum atomic E-state index is 5.37. The Labute approximate surface area is 248 Å². The van der Waals surface area contributed by atoms with Crippen molar-refractivity contribution in [3.63, 3.8) is 0 Å². The maximum absolute atomic E-state index is 5.37. The first kappa shape index (κ1) is 24.5. The van der Waals surface area contributed by atoms with Crippen molar-refractivity contribution in [2.24, 2.45) is 0 Å². The zero-order chi connectivity index (χ0) is 27.9. The molecule has 42 heavy (non-hydrogen) atoms. The fraction of sp³-hybridized carbons (Fsp3) is 0. The topological polar surface area (TPSA) is 17.3 Å². The van der Waals surface area contributed by atoms with E-state index in [-0.39, 0.29) is 0 Å². The lowest BCUT2D eigenvalue weighted by molar-refractivity contribution is 0.982. The molecular formula is C39H26N2S. The highest BCUT2D eigenvalue weighted by Crippen LogP contribution is 2.42. The van der Waals surface area contributed by atoms with E-state index in [9.17, 15) is 0 Å². The van der Waals surface area contributed by atoms with Gasteiger partial charge in [-0.3, -0.25) is 0 Å². The van der Waals surface area contributed by atoms with Crippen LogP contribution in [-0.2, 0) is 0 Å². The van der Waals surface area contributed by atoms with Crippen LogP contribution in [0.25, 0.3) is 71.5 Å². The summed E-state index contributed by atoms with van der Waals surface area (Å²) in [5.74, 6) is 0. The van der Waals surface area contributed by atoms with E-state index in [1.165, 1.54) is 37.9 Å². The minimum atomic E-state index is 0.983. The van der Waals surface area contributed by atoms with Gasteiger partial charge in [-0.1, -0.05) is 140 Å². The summed E-state index contributed by atoms with van der Waals surface area (Å²) in [5, 5.41) is 9.91. The van der Waals surface area contributed by atoms with Crippen LogP contribution in [0.5, 0.6) is 0 Å². The van der Waals surface area contributed by atoms with Crippen molar-refractivity contribution in [3.05, 3.63) is 157 Å². The molecule has 0 bridgehead atoms.